The van der Waals surface area contributed by atoms with Gasteiger partial charge in [0, 0.05) is 0 Å². The third kappa shape index (κ3) is 3.50. The summed E-state index contributed by atoms with van der Waals surface area (Å²) >= 11 is 0. The van der Waals surface area contributed by atoms with E-state index in [1.165, 1.54) is 6.07 Å². The van der Waals surface area contributed by atoms with Gasteiger partial charge in [0.15, 0.2) is 0 Å². The van der Waals surface area contributed by atoms with Gasteiger partial charge in [-0.05, 0) is 48.9 Å². The SMILES string of the molecule is NCCc1ccc(C2CCCCC2)c(C(F)(F)F)c1. The average Bonchev–Trinajstić information content (AvgIpc) is 2.39. The molecule has 0 unspecified atom stereocenters. The highest BCUT2D eigenvalue weighted by molar-refractivity contribution is 5.37. The van der Waals surface area contributed by atoms with E-state index in [2.05, 4.69) is 0 Å². The van der Waals surface area contributed by atoms with Gasteiger partial charge in [-0.1, -0.05) is 31.4 Å². The Morgan fingerprint density at radius 1 is 1.11 bits per heavy atom. The fourth-order valence-electron chi connectivity index (χ4n) is 2.94. The number of rotatable bonds is 3. The van der Waals surface area contributed by atoms with E-state index in [4.69, 9.17) is 5.73 Å². The van der Waals surface area contributed by atoms with Gasteiger partial charge in [-0.15, -0.1) is 0 Å². The van der Waals surface area contributed by atoms with Gasteiger partial charge in [-0.3, -0.25) is 0 Å². The van der Waals surface area contributed by atoms with Crippen LogP contribution in [0.3, 0.4) is 0 Å². The highest BCUT2D eigenvalue weighted by atomic mass is 19.4. The molecule has 0 heterocycles. The second-order valence-electron chi connectivity index (χ2n) is 5.29. The summed E-state index contributed by atoms with van der Waals surface area (Å²) in [6.45, 7) is 0.375. The van der Waals surface area contributed by atoms with E-state index in [-0.39, 0.29) is 5.92 Å². The normalized spacial score (nSPS) is 17.7. The molecule has 1 fully saturated rings. The number of alkyl halides is 3. The molecular formula is C15H20F3N. The van der Waals surface area contributed by atoms with E-state index in [0.717, 1.165) is 32.1 Å². The quantitative estimate of drug-likeness (QED) is 0.873. The average molecular weight is 271 g/mol. The molecule has 0 spiro atoms. The Kier molecular flexibility index (Phi) is 4.50. The van der Waals surface area contributed by atoms with E-state index in [0.29, 0.717) is 24.1 Å². The molecule has 4 heteroatoms. The van der Waals surface area contributed by atoms with Crippen LogP contribution < -0.4 is 5.73 Å². The third-order valence-electron chi connectivity index (χ3n) is 3.90. The molecule has 2 N–H and O–H groups in total. The smallest absolute Gasteiger partial charge is 0.330 e. The van der Waals surface area contributed by atoms with Crippen molar-refractivity contribution in [1.82, 2.24) is 0 Å². The standard InChI is InChI=1S/C15H20F3N/c16-15(17,18)14-10-11(8-9-19)6-7-13(14)12-4-2-1-3-5-12/h6-7,10,12H,1-5,8-9,19H2. The molecule has 1 aromatic rings. The molecule has 1 nitrogen and oxygen atoms in total. The van der Waals surface area contributed by atoms with Gasteiger partial charge in [0.25, 0.3) is 0 Å². The molecule has 2 rings (SSSR count). The molecule has 1 aromatic carbocycles. The van der Waals surface area contributed by atoms with Crippen LogP contribution in [0.2, 0.25) is 0 Å². The molecule has 1 aliphatic rings. The highest BCUT2D eigenvalue weighted by Gasteiger charge is 2.35. The van der Waals surface area contributed by atoms with Crippen LogP contribution >= 0.6 is 0 Å². The first-order chi connectivity index (χ1) is 9.02. The number of hydrogen-bond donors (Lipinski definition) is 1. The first-order valence-electron chi connectivity index (χ1n) is 6.92. The van der Waals surface area contributed by atoms with Gasteiger partial charge < -0.3 is 5.73 Å². The Bertz CT molecular complexity index is 420. The first kappa shape index (κ1) is 14.4. The molecule has 0 atom stereocenters. The van der Waals surface area contributed by atoms with E-state index >= 15 is 0 Å². The lowest BCUT2D eigenvalue weighted by molar-refractivity contribution is -0.138. The molecule has 1 aliphatic carbocycles. The number of benzene rings is 1. The second-order valence-corrected chi connectivity index (χ2v) is 5.29. The van der Waals surface area contributed by atoms with Crippen LogP contribution in [-0.4, -0.2) is 6.54 Å². The summed E-state index contributed by atoms with van der Waals surface area (Å²) in [6, 6.07) is 4.76. The fourth-order valence-corrected chi connectivity index (χ4v) is 2.94. The zero-order chi connectivity index (χ0) is 13.9. The van der Waals surface area contributed by atoms with Crippen LogP contribution in [-0.2, 0) is 12.6 Å². The minimum atomic E-state index is -4.27. The molecule has 0 aliphatic heterocycles. The maximum Gasteiger partial charge on any atom is 0.416 e. The van der Waals surface area contributed by atoms with Crippen LogP contribution in [0.15, 0.2) is 18.2 Å². The molecule has 0 amide bonds. The molecular weight excluding hydrogens is 251 g/mol. The Hall–Kier alpha value is -1.03. The zero-order valence-corrected chi connectivity index (χ0v) is 11.0. The summed E-state index contributed by atoms with van der Waals surface area (Å²) in [5.74, 6) is 0.0669. The molecule has 0 bridgehead atoms. The van der Waals surface area contributed by atoms with Crippen molar-refractivity contribution >= 4 is 0 Å². The topological polar surface area (TPSA) is 26.0 Å². The van der Waals surface area contributed by atoms with Gasteiger partial charge in [-0.25, -0.2) is 0 Å². The summed E-state index contributed by atoms with van der Waals surface area (Å²) in [7, 11) is 0. The molecule has 0 saturated heterocycles. The van der Waals surface area contributed by atoms with Crippen LogP contribution in [0, 0.1) is 0 Å². The summed E-state index contributed by atoms with van der Waals surface area (Å²) in [4.78, 5) is 0. The fraction of sp³-hybridized carbons (Fsp3) is 0.600. The Morgan fingerprint density at radius 3 is 2.37 bits per heavy atom. The summed E-state index contributed by atoms with van der Waals surface area (Å²) in [6.07, 6.45) is 1.19. The summed E-state index contributed by atoms with van der Waals surface area (Å²) < 4.78 is 39.6. The third-order valence-corrected chi connectivity index (χ3v) is 3.90. The van der Waals surface area contributed by atoms with E-state index in [1.54, 1.807) is 12.1 Å². The first-order valence-corrected chi connectivity index (χ1v) is 6.92. The van der Waals surface area contributed by atoms with Gasteiger partial charge in [-0.2, -0.15) is 13.2 Å². The number of hydrogen-bond acceptors (Lipinski definition) is 1. The zero-order valence-electron chi connectivity index (χ0n) is 11.0. The number of nitrogens with two attached hydrogens (primary N) is 1. The van der Waals surface area contributed by atoms with Crippen molar-refractivity contribution in [3.05, 3.63) is 34.9 Å². The highest BCUT2D eigenvalue weighted by Crippen LogP contribution is 2.41. The van der Waals surface area contributed by atoms with Crippen molar-refractivity contribution in [2.45, 2.75) is 50.6 Å². The Balaban J connectivity index is 2.35. The van der Waals surface area contributed by atoms with Crippen LogP contribution in [0.25, 0.3) is 0 Å². The summed E-state index contributed by atoms with van der Waals surface area (Å²) in [5, 5.41) is 0. The van der Waals surface area contributed by atoms with Gasteiger partial charge >= 0.3 is 6.18 Å². The van der Waals surface area contributed by atoms with Crippen LogP contribution in [0.5, 0.6) is 0 Å². The van der Waals surface area contributed by atoms with Crippen molar-refractivity contribution in [1.29, 1.82) is 0 Å². The maximum absolute atomic E-state index is 13.2. The predicted molar refractivity (Wildman–Crippen MR) is 70.0 cm³/mol. The molecule has 106 valence electrons. The van der Waals surface area contributed by atoms with Crippen molar-refractivity contribution < 1.29 is 13.2 Å². The van der Waals surface area contributed by atoms with Crippen molar-refractivity contribution in [2.75, 3.05) is 6.54 Å². The molecule has 0 radical (unpaired) electrons. The van der Waals surface area contributed by atoms with Crippen molar-refractivity contribution in [2.24, 2.45) is 5.73 Å². The lowest BCUT2D eigenvalue weighted by atomic mass is 9.81. The van der Waals surface area contributed by atoms with Gasteiger partial charge in [0.1, 0.15) is 0 Å². The van der Waals surface area contributed by atoms with Crippen molar-refractivity contribution in [3.63, 3.8) is 0 Å². The summed E-state index contributed by atoms with van der Waals surface area (Å²) in [5.41, 5.74) is 6.12. The maximum atomic E-state index is 13.2. The largest absolute Gasteiger partial charge is 0.416 e. The lowest BCUT2D eigenvalue weighted by Gasteiger charge is -2.25. The minimum absolute atomic E-state index is 0.0669. The van der Waals surface area contributed by atoms with Crippen LogP contribution in [0.1, 0.15) is 54.7 Å². The molecule has 1 saturated carbocycles. The molecule has 0 aromatic heterocycles. The van der Waals surface area contributed by atoms with Gasteiger partial charge in [0.2, 0.25) is 0 Å². The predicted octanol–water partition coefficient (Wildman–Crippen LogP) is 4.25. The van der Waals surface area contributed by atoms with Crippen LogP contribution in [0.4, 0.5) is 13.2 Å². The monoisotopic (exact) mass is 271 g/mol. The Morgan fingerprint density at radius 2 is 1.79 bits per heavy atom. The van der Waals surface area contributed by atoms with E-state index < -0.39 is 11.7 Å². The van der Waals surface area contributed by atoms with E-state index in [1.807, 2.05) is 0 Å². The van der Waals surface area contributed by atoms with Gasteiger partial charge in [0.05, 0.1) is 5.56 Å². The second kappa shape index (κ2) is 5.95. The number of halogens is 3. The molecule has 19 heavy (non-hydrogen) atoms. The lowest BCUT2D eigenvalue weighted by Crippen LogP contribution is -2.15. The Labute approximate surface area is 112 Å². The van der Waals surface area contributed by atoms with E-state index in [9.17, 15) is 13.2 Å². The minimum Gasteiger partial charge on any atom is -0.330 e. The van der Waals surface area contributed by atoms with Crippen molar-refractivity contribution in [3.8, 4) is 0 Å².